The van der Waals surface area contributed by atoms with Crippen molar-refractivity contribution in [2.75, 3.05) is 12.3 Å². The topological polar surface area (TPSA) is 23.8 Å². The van der Waals surface area contributed by atoms with Crippen LogP contribution in [0.25, 0.3) is 0 Å². The average molecular weight is 85.0 g/mol. The van der Waals surface area contributed by atoms with Crippen LogP contribution in [0.3, 0.4) is 0 Å². The zero-order valence-electron chi connectivity index (χ0n) is 2.81. The van der Waals surface area contributed by atoms with E-state index in [4.69, 9.17) is 5.26 Å². The van der Waals surface area contributed by atoms with Gasteiger partial charge in [-0.3, -0.25) is 0 Å². The molecule has 0 saturated carbocycles. The van der Waals surface area contributed by atoms with Gasteiger partial charge >= 0.3 is 0 Å². The Balaban J connectivity index is 2.30. The largest absolute Gasteiger partial charge is 0.193 e. The van der Waals surface area contributed by atoms with E-state index in [0.29, 0.717) is 0 Å². The first-order chi connectivity index (χ1) is 2.43. The van der Waals surface area contributed by atoms with E-state index >= 15 is 0 Å². The molecule has 0 aromatic heterocycles. The zero-order chi connectivity index (χ0) is 3.70. The lowest BCUT2D eigenvalue weighted by Crippen LogP contribution is -1.21. The third kappa shape index (κ3) is 0.597. The number of nitrogens with zero attached hydrogens (tertiary/aromatic N) is 1. The number of nitriles is 1. The molecule has 5 heavy (non-hydrogen) atoms. The van der Waals surface area contributed by atoms with Gasteiger partial charge in [-0.2, -0.15) is 5.26 Å². The van der Waals surface area contributed by atoms with E-state index < -0.39 is 0 Å². The number of hydrogen-bond donors (Lipinski definition) is 0. The van der Waals surface area contributed by atoms with Crippen molar-refractivity contribution >= 4 is 7.92 Å². The maximum Gasteiger partial charge on any atom is 0.0872 e. The minimum atomic E-state index is -0.0427. The maximum atomic E-state index is 7.98. The van der Waals surface area contributed by atoms with Crippen LogP contribution < -0.4 is 0 Å². The van der Waals surface area contributed by atoms with Crippen molar-refractivity contribution in [2.45, 2.75) is 0 Å². The highest BCUT2D eigenvalue weighted by atomic mass is 31.1. The normalized spacial score (nSPS) is 21.4. The SMILES string of the molecule is N#CP1CC1. The van der Waals surface area contributed by atoms with Gasteiger partial charge in [-0.1, -0.05) is 0 Å². The van der Waals surface area contributed by atoms with E-state index in [2.05, 4.69) is 5.81 Å². The Labute approximate surface area is 32.4 Å². The molecule has 26 valence electrons. The highest BCUT2D eigenvalue weighted by molar-refractivity contribution is 7.69. The molecule has 1 rings (SSSR count). The van der Waals surface area contributed by atoms with Gasteiger partial charge in [0, 0.05) is 7.92 Å². The Morgan fingerprint density at radius 2 is 2.20 bits per heavy atom. The van der Waals surface area contributed by atoms with Crippen molar-refractivity contribution in [3.05, 3.63) is 0 Å². The quantitative estimate of drug-likeness (QED) is 0.402. The Hall–Kier alpha value is -0.0800. The molecule has 0 radical (unpaired) electrons. The average Bonchev–Trinajstić information content (AvgIpc) is 2.12. The molecular formula is C3H4NP. The molecule has 2 heteroatoms. The van der Waals surface area contributed by atoms with Gasteiger partial charge in [0.1, 0.15) is 0 Å². The molecule has 1 aliphatic heterocycles. The molecule has 1 saturated heterocycles. The van der Waals surface area contributed by atoms with Gasteiger partial charge in [0.05, 0.1) is 5.81 Å². The summed E-state index contributed by atoms with van der Waals surface area (Å²) in [7, 11) is -0.0427. The van der Waals surface area contributed by atoms with Crippen LogP contribution in [0.4, 0.5) is 0 Å². The van der Waals surface area contributed by atoms with Crippen LogP contribution in [0, 0.1) is 11.1 Å². The minimum Gasteiger partial charge on any atom is -0.193 e. The second-order valence-electron chi connectivity index (χ2n) is 1.09. The fraction of sp³-hybridized carbons (Fsp3) is 0.667. The highest BCUT2D eigenvalue weighted by Crippen LogP contribution is 2.48. The van der Waals surface area contributed by atoms with Crippen molar-refractivity contribution < 1.29 is 0 Å². The summed E-state index contributed by atoms with van der Waals surface area (Å²) in [6.45, 7) is 0. The molecule has 0 unspecified atom stereocenters. The van der Waals surface area contributed by atoms with Crippen LogP contribution in [-0.2, 0) is 0 Å². The molecule has 0 spiro atoms. The lowest BCUT2D eigenvalue weighted by Gasteiger charge is -1.53. The minimum absolute atomic E-state index is 0.0427. The molecule has 0 bridgehead atoms. The summed E-state index contributed by atoms with van der Waals surface area (Å²) >= 11 is 0. The van der Waals surface area contributed by atoms with Crippen LogP contribution in [0.15, 0.2) is 0 Å². The van der Waals surface area contributed by atoms with Crippen LogP contribution in [0.5, 0.6) is 0 Å². The summed E-state index contributed by atoms with van der Waals surface area (Å²) in [5, 5.41) is 7.98. The Morgan fingerprint density at radius 3 is 2.20 bits per heavy atom. The molecule has 0 N–H and O–H groups in total. The molecule has 0 amide bonds. The van der Waals surface area contributed by atoms with E-state index in [1.807, 2.05) is 0 Å². The van der Waals surface area contributed by atoms with Gasteiger partial charge in [-0.15, -0.1) is 0 Å². The Kier molecular flexibility index (Phi) is 0.596. The van der Waals surface area contributed by atoms with Crippen LogP contribution in [0.1, 0.15) is 0 Å². The van der Waals surface area contributed by atoms with E-state index in [-0.39, 0.29) is 7.92 Å². The molecule has 1 heterocycles. The predicted molar refractivity (Wildman–Crippen MR) is 22.3 cm³/mol. The second kappa shape index (κ2) is 0.954. The van der Waals surface area contributed by atoms with Gasteiger partial charge in [0.15, 0.2) is 0 Å². The molecule has 0 atom stereocenters. The lowest BCUT2D eigenvalue weighted by molar-refractivity contribution is 1.57. The van der Waals surface area contributed by atoms with Gasteiger partial charge < -0.3 is 0 Å². The molecule has 1 fully saturated rings. The molecular weight excluding hydrogens is 81.0 g/mol. The predicted octanol–water partition coefficient (Wildman–Crippen LogP) is 0.963. The van der Waals surface area contributed by atoms with Crippen LogP contribution >= 0.6 is 7.92 Å². The van der Waals surface area contributed by atoms with Crippen molar-refractivity contribution in [3.8, 4) is 5.81 Å². The summed E-state index contributed by atoms with van der Waals surface area (Å²) in [5.41, 5.74) is 0. The van der Waals surface area contributed by atoms with Crippen molar-refractivity contribution in [2.24, 2.45) is 0 Å². The number of hydrogen-bond acceptors (Lipinski definition) is 1. The maximum absolute atomic E-state index is 7.98. The fourth-order valence-corrected chi connectivity index (χ4v) is 0.750. The Morgan fingerprint density at radius 1 is 1.60 bits per heavy atom. The van der Waals surface area contributed by atoms with E-state index in [1.165, 1.54) is 12.3 Å². The lowest BCUT2D eigenvalue weighted by atomic mass is 11.0. The summed E-state index contributed by atoms with van der Waals surface area (Å²) in [6.07, 6.45) is 2.43. The van der Waals surface area contributed by atoms with Crippen molar-refractivity contribution in [1.82, 2.24) is 0 Å². The third-order valence-electron chi connectivity index (χ3n) is 0.589. The monoisotopic (exact) mass is 85.0 g/mol. The molecule has 0 aromatic rings. The second-order valence-corrected chi connectivity index (χ2v) is 3.26. The van der Waals surface area contributed by atoms with Crippen LogP contribution in [0.2, 0.25) is 0 Å². The third-order valence-corrected chi connectivity index (χ3v) is 1.77. The van der Waals surface area contributed by atoms with E-state index in [9.17, 15) is 0 Å². The summed E-state index contributed by atoms with van der Waals surface area (Å²) in [6, 6.07) is 0. The van der Waals surface area contributed by atoms with Crippen molar-refractivity contribution in [1.29, 1.82) is 5.26 Å². The standard InChI is InChI=1S/C3H4NP/c4-3-5-1-2-5/h1-2H2. The van der Waals surface area contributed by atoms with Crippen molar-refractivity contribution in [3.63, 3.8) is 0 Å². The highest BCUT2D eigenvalue weighted by Gasteiger charge is 2.18. The first-order valence-electron chi connectivity index (χ1n) is 1.58. The van der Waals surface area contributed by atoms with Crippen LogP contribution in [-0.4, -0.2) is 12.3 Å². The van der Waals surface area contributed by atoms with Gasteiger partial charge in [0.2, 0.25) is 0 Å². The first-order valence-corrected chi connectivity index (χ1v) is 3.29. The molecule has 0 aromatic carbocycles. The fourth-order valence-electron chi connectivity index (χ4n) is 0.150. The zero-order valence-corrected chi connectivity index (χ0v) is 3.70. The summed E-state index contributed by atoms with van der Waals surface area (Å²) in [4.78, 5) is 0. The summed E-state index contributed by atoms with van der Waals surface area (Å²) < 4.78 is 0. The first kappa shape index (κ1) is 3.12. The smallest absolute Gasteiger partial charge is 0.0872 e. The Bertz CT molecular complexity index is 69.5. The molecule has 1 aliphatic rings. The van der Waals surface area contributed by atoms with Gasteiger partial charge in [-0.05, 0) is 12.3 Å². The molecule has 0 aliphatic carbocycles. The summed E-state index contributed by atoms with van der Waals surface area (Å²) in [5.74, 6) is 2.20. The molecule has 1 nitrogen and oxygen atoms in total. The van der Waals surface area contributed by atoms with E-state index in [0.717, 1.165) is 0 Å². The van der Waals surface area contributed by atoms with Gasteiger partial charge in [-0.25, -0.2) is 0 Å². The van der Waals surface area contributed by atoms with E-state index in [1.54, 1.807) is 0 Å². The van der Waals surface area contributed by atoms with Gasteiger partial charge in [0.25, 0.3) is 0 Å². The number of rotatable bonds is 0.